The van der Waals surface area contributed by atoms with Crippen LogP contribution in [0.1, 0.15) is 13.8 Å². The molecule has 0 spiro atoms. The number of benzene rings is 1. The van der Waals surface area contributed by atoms with E-state index in [9.17, 15) is 20.3 Å². The minimum atomic E-state index is -1.02. The summed E-state index contributed by atoms with van der Waals surface area (Å²) in [6.07, 6.45) is 0. The van der Waals surface area contributed by atoms with E-state index < -0.39 is 22.0 Å². The Balaban J connectivity index is 2.83. The van der Waals surface area contributed by atoms with E-state index in [0.717, 1.165) is 6.07 Å². The van der Waals surface area contributed by atoms with Crippen LogP contribution >= 0.6 is 0 Å². The third-order valence-corrected chi connectivity index (χ3v) is 1.74. The van der Waals surface area contributed by atoms with Crippen LogP contribution in [0.15, 0.2) is 18.2 Å². The minimum Gasteiger partial charge on any atom is -0.502 e. The van der Waals surface area contributed by atoms with Crippen molar-refractivity contribution >= 4 is 5.69 Å². The first-order valence-electron chi connectivity index (χ1n) is 4.62. The lowest BCUT2D eigenvalue weighted by Crippen LogP contribution is -2.27. The van der Waals surface area contributed by atoms with Gasteiger partial charge in [-0.3, -0.25) is 10.1 Å². The molecule has 2 N–H and O–H groups in total. The van der Waals surface area contributed by atoms with Gasteiger partial charge in [0.05, 0.1) is 16.6 Å². The van der Waals surface area contributed by atoms with Crippen molar-refractivity contribution in [1.82, 2.24) is 0 Å². The molecule has 0 aliphatic rings. The number of hydrogen-bond acceptors (Lipinski definition) is 5. The van der Waals surface area contributed by atoms with Gasteiger partial charge in [0.1, 0.15) is 12.4 Å². The molecular weight excluding hydrogens is 214 g/mol. The van der Waals surface area contributed by atoms with Crippen molar-refractivity contribution in [3.8, 4) is 11.5 Å². The lowest BCUT2D eigenvalue weighted by Gasteiger charge is -2.17. The van der Waals surface area contributed by atoms with Gasteiger partial charge in [-0.25, -0.2) is 0 Å². The second kappa shape index (κ2) is 4.36. The van der Waals surface area contributed by atoms with Crippen LogP contribution in [0.4, 0.5) is 5.69 Å². The number of nitrogens with zero attached hydrogens (tertiary/aromatic N) is 1. The molecule has 0 aliphatic heterocycles. The van der Waals surface area contributed by atoms with Gasteiger partial charge in [0, 0.05) is 0 Å². The second-order valence-corrected chi connectivity index (χ2v) is 4.01. The number of aromatic hydroxyl groups is 1. The SMILES string of the molecule is CC(C)(O)COc1ccc(O)c([N+](=O)[O-])c1. The Morgan fingerprint density at radius 3 is 2.62 bits per heavy atom. The van der Waals surface area contributed by atoms with Gasteiger partial charge in [-0.05, 0) is 26.0 Å². The summed E-state index contributed by atoms with van der Waals surface area (Å²) >= 11 is 0. The Morgan fingerprint density at radius 1 is 1.50 bits per heavy atom. The van der Waals surface area contributed by atoms with Crippen molar-refractivity contribution in [2.75, 3.05) is 6.61 Å². The highest BCUT2D eigenvalue weighted by Crippen LogP contribution is 2.29. The van der Waals surface area contributed by atoms with Crippen molar-refractivity contribution in [1.29, 1.82) is 0 Å². The first-order chi connectivity index (χ1) is 7.29. The predicted molar refractivity (Wildman–Crippen MR) is 56.6 cm³/mol. The van der Waals surface area contributed by atoms with E-state index in [1.54, 1.807) is 13.8 Å². The van der Waals surface area contributed by atoms with E-state index in [1.807, 2.05) is 0 Å². The Hall–Kier alpha value is -1.82. The number of phenols is 1. The molecule has 16 heavy (non-hydrogen) atoms. The van der Waals surface area contributed by atoms with Crippen molar-refractivity contribution in [2.24, 2.45) is 0 Å². The Bertz CT molecular complexity index is 397. The van der Waals surface area contributed by atoms with Gasteiger partial charge in [-0.2, -0.15) is 0 Å². The number of rotatable bonds is 4. The quantitative estimate of drug-likeness (QED) is 0.599. The maximum atomic E-state index is 10.5. The molecule has 0 saturated heterocycles. The van der Waals surface area contributed by atoms with E-state index in [-0.39, 0.29) is 12.4 Å². The van der Waals surface area contributed by atoms with Crippen LogP contribution in [0.2, 0.25) is 0 Å². The lowest BCUT2D eigenvalue weighted by molar-refractivity contribution is -0.385. The van der Waals surface area contributed by atoms with Gasteiger partial charge in [0.2, 0.25) is 0 Å². The molecule has 0 unspecified atom stereocenters. The molecule has 0 bridgehead atoms. The number of nitro groups is 1. The van der Waals surface area contributed by atoms with E-state index in [4.69, 9.17) is 4.74 Å². The number of nitro benzene ring substituents is 1. The second-order valence-electron chi connectivity index (χ2n) is 4.01. The van der Waals surface area contributed by atoms with Crippen molar-refractivity contribution in [3.05, 3.63) is 28.3 Å². The van der Waals surface area contributed by atoms with Gasteiger partial charge < -0.3 is 14.9 Å². The predicted octanol–water partition coefficient (Wildman–Crippen LogP) is 1.45. The maximum absolute atomic E-state index is 10.5. The monoisotopic (exact) mass is 227 g/mol. The topological polar surface area (TPSA) is 92.8 Å². The van der Waals surface area contributed by atoms with Gasteiger partial charge in [-0.15, -0.1) is 0 Å². The van der Waals surface area contributed by atoms with Crippen LogP contribution < -0.4 is 4.74 Å². The highest BCUT2D eigenvalue weighted by molar-refractivity contribution is 5.49. The molecule has 0 saturated carbocycles. The summed E-state index contributed by atoms with van der Waals surface area (Å²) in [6.45, 7) is 3.12. The lowest BCUT2D eigenvalue weighted by atomic mass is 10.2. The Morgan fingerprint density at radius 2 is 2.12 bits per heavy atom. The zero-order valence-corrected chi connectivity index (χ0v) is 9.01. The largest absolute Gasteiger partial charge is 0.502 e. The third kappa shape index (κ3) is 3.39. The molecule has 1 aromatic rings. The highest BCUT2D eigenvalue weighted by Gasteiger charge is 2.17. The number of hydrogen-bond donors (Lipinski definition) is 2. The average Bonchev–Trinajstić information content (AvgIpc) is 2.14. The molecule has 0 fully saturated rings. The molecule has 0 atom stereocenters. The molecule has 88 valence electrons. The fourth-order valence-electron chi connectivity index (χ4n) is 0.999. The van der Waals surface area contributed by atoms with Crippen molar-refractivity contribution in [2.45, 2.75) is 19.4 Å². The summed E-state index contributed by atoms with van der Waals surface area (Å²) in [5, 5.41) is 29.1. The first-order valence-corrected chi connectivity index (χ1v) is 4.62. The minimum absolute atomic E-state index is 0.00886. The smallest absolute Gasteiger partial charge is 0.314 e. The third-order valence-electron chi connectivity index (χ3n) is 1.74. The summed E-state index contributed by atoms with van der Waals surface area (Å²) in [6, 6.07) is 3.69. The molecule has 6 nitrogen and oxygen atoms in total. The molecule has 6 heteroatoms. The standard InChI is InChI=1S/C10H13NO5/c1-10(2,13)6-16-7-3-4-9(12)8(5-7)11(14)15/h3-5,12-13H,6H2,1-2H3. The first kappa shape index (κ1) is 12.3. The molecule has 0 radical (unpaired) electrons. The molecule has 0 aliphatic carbocycles. The maximum Gasteiger partial charge on any atom is 0.314 e. The average molecular weight is 227 g/mol. The molecular formula is C10H13NO5. The summed E-state index contributed by atoms with van der Waals surface area (Å²) < 4.78 is 5.15. The molecule has 0 aromatic heterocycles. The summed E-state index contributed by atoms with van der Waals surface area (Å²) in [5.41, 5.74) is -1.44. The zero-order chi connectivity index (χ0) is 12.3. The fourth-order valence-corrected chi connectivity index (χ4v) is 0.999. The van der Waals surface area contributed by atoms with Crippen LogP contribution in [0.3, 0.4) is 0 Å². The van der Waals surface area contributed by atoms with E-state index >= 15 is 0 Å². The summed E-state index contributed by atoms with van der Waals surface area (Å²) in [4.78, 5) is 9.81. The summed E-state index contributed by atoms with van der Waals surface area (Å²) in [5.74, 6) is -0.188. The van der Waals surface area contributed by atoms with E-state index in [1.165, 1.54) is 12.1 Å². The normalized spacial score (nSPS) is 11.2. The van der Waals surface area contributed by atoms with Crippen molar-refractivity contribution in [3.63, 3.8) is 0 Å². The van der Waals surface area contributed by atoms with Gasteiger partial charge >= 0.3 is 5.69 Å². The zero-order valence-electron chi connectivity index (χ0n) is 9.01. The van der Waals surface area contributed by atoms with Gasteiger partial charge in [0.25, 0.3) is 0 Å². The number of aliphatic hydroxyl groups is 1. The summed E-state index contributed by atoms with van der Waals surface area (Å²) in [7, 11) is 0. The molecule has 1 aromatic carbocycles. The molecule has 1 rings (SSSR count). The highest BCUT2D eigenvalue weighted by atomic mass is 16.6. The van der Waals surface area contributed by atoms with E-state index in [0.29, 0.717) is 0 Å². The van der Waals surface area contributed by atoms with Crippen LogP contribution in [0.25, 0.3) is 0 Å². The van der Waals surface area contributed by atoms with Crippen LogP contribution in [-0.2, 0) is 0 Å². The number of phenolic OH excluding ortho intramolecular Hbond substituents is 1. The van der Waals surface area contributed by atoms with Gasteiger partial charge in [0.15, 0.2) is 5.75 Å². The molecule has 0 heterocycles. The molecule has 0 amide bonds. The van der Waals surface area contributed by atoms with Crippen LogP contribution in [0.5, 0.6) is 11.5 Å². The fraction of sp³-hybridized carbons (Fsp3) is 0.400. The van der Waals surface area contributed by atoms with Crippen LogP contribution in [0, 0.1) is 10.1 Å². The van der Waals surface area contributed by atoms with Crippen molar-refractivity contribution < 1.29 is 19.9 Å². The van der Waals surface area contributed by atoms with E-state index in [2.05, 4.69) is 0 Å². The van der Waals surface area contributed by atoms with Gasteiger partial charge in [-0.1, -0.05) is 0 Å². The Labute approximate surface area is 92.2 Å². The van der Waals surface area contributed by atoms with Crippen LogP contribution in [-0.4, -0.2) is 27.3 Å². The number of ether oxygens (including phenoxy) is 1. The Kier molecular flexibility index (Phi) is 3.34.